The van der Waals surface area contributed by atoms with E-state index >= 15 is 0 Å². The van der Waals surface area contributed by atoms with E-state index in [0.29, 0.717) is 54.9 Å². The van der Waals surface area contributed by atoms with Crippen LogP contribution < -0.4 is 15.4 Å². The molecule has 0 saturated heterocycles. The number of hydrogen-bond acceptors (Lipinski definition) is 5. The molecule has 2 aromatic carbocycles. The monoisotopic (exact) mass is 503 g/mol. The Balaban J connectivity index is 1.49. The third-order valence-electron chi connectivity index (χ3n) is 6.34. The second-order valence-corrected chi connectivity index (χ2v) is 8.87. The second-order valence-electron chi connectivity index (χ2n) is 8.87. The van der Waals surface area contributed by atoms with Gasteiger partial charge < -0.3 is 20.1 Å². The summed E-state index contributed by atoms with van der Waals surface area (Å²) in [5.74, 6) is -0.431. The fourth-order valence-corrected chi connectivity index (χ4v) is 4.36. The lowest BCUT2D eigenvalue weighted by Gasteiger charge is -2.31. The molecule has 2 amide bonds. The van der Waals surface area contributed by atoms with Gasteiger partial charge in [-0.15, -0.1) is 0 Å². The van der Waals surface area contributed by atoms with Crippen molar-refractivity contribution >= 4 is 28.8 Å². The summed E-state index contributed by atoms with van der Waals surface area (Å²) in [6.45, 7) is 1.41. The van der Waals surface area contributed by atoms with Crippen LogP contribution in [0.1, 0.15) is 29.5 Å². The van der Waals surface area contributed by atoms with E-state index < -0.39 is 17.6 Å². The van der Waals surface area contributed by atoms with Crippen molar-refractivity contribution < 1.29 is 32.2 Å². The Hall–Kier alpha value is -3.37. The molecular formula is C26H28F3N3O4. The molecular weight excluding hydrogens is 475 g/mol. The molecule has 2 N–H and O–H groups in total. The summed E-state index contributed by atoms with van der Waals surface area (Å²) < 4.78 is 49.9. The highest BCUT2D eigenvalue weighted by Crippen LogP contribution is 2.38. The fraction of sp³-hybridized carbons (Fsp3) is 0.385. The van der Waals surface area contributed by atoms with Crippen molar-refractivity contribution in [1.82, 2.24) is 4.90 Å². The van der Waals surface area contributed by atoms with E-state index in [9.17, 15) is 22.8 Å². The number of allylic oxidation sites excluding steroid dienone is 1. The number of amides is 2. The number of rotatable bonds is 6. The SMILES string of the molecule is COCCN(C)C1Cc2ccc(NC(=O)/C=C3\CCCOc4cc(C(F)(F)F)ccc43)cc2NC1=O. The zero-order valence-corrected chi connectivity index (χ0v) is 20.1. The first-order chi connectivity index (χ1) is 17.2. The highest BCUT2D eigenvalue weighted by Gasteiger charge is 2.32. The first-order valence-electron chi connectivity index (χ1n) is 11.6. The molecule has 1 unspecified atom stereocenters. The number of fused-ring (bicyclic) bond motifs is 2. The normalized spacial score (nSPS) is 18.7. The number of ether oxygens (including phenoxy) is 2. The maximum absolute atomic E-state index is 13.1. The third kappa shape index (κ3) is 5.88. The Labute approximate surface area is 207 Å². The number of hydrogen-bond donors (Lipinski definition) is 2. The first-order valence-corrected chi connectivity index (χ1v) is 11.6. The molecule has 192 valence electrons. The minimum absolute atomic E-state index is 0.114. The topological polar surface area (TPSA) is 79.9 Å². The van der Waals surface area contributed by atoms with Crippen LogP contribution in [0.5, 0.6) is 5.75 Å². The fourth-order valence-electron chi connectivity index (χ4n) is 4.36. The zero-order chi connectivity index (χ0) is 25.9. The van der Waals surface area contributed by atoms with Crippen LogP contribution in [0.4, 0.5) is 24.5 Å². The van der Waals surface area contributed by atoms with Crippen molar-refractivity contribution in [2.24, 2.45) is 0 Å². The summed E-state index contributed by atoms with van der Waals surface area (Å²) >= 11 is 0. The van der Waals surface area contributed by atoms with Crippen LogP contribution >= 0.6 is 0 Å². The van der Waals surface area contributed by atoms with Gasteiger partial charge in [0.25, 0.3) is 0 Å². The minimum Gasteiger partial charge on any atom is -0.493 e. The smallest absolute Gasteiger partial charge is 0.416 e. The summed E-state index contributed by atoms with van der Waals surface area (Å²) in [4.78, 5) is 27.3. The van der Waals surface area contributed by atoms with Gasteiger partial charge in [-0.1, -0.05) is 12.1 Å². The van der Waals surface area contributed by atoms with Gasteiger partial charge in [0.1, 0.15) is 5.75 Å². The molecule has 2 aliphatic heterocycles. The van der Waals surface area contributed by atoms with E-state index in [2.05, 4.69) is 10.6 Å². The Morgan fingerprint density at radius 1 is 1.28 bits per heavy atom. The van der Waals surface area contributed by atoms with Crippen molar-refractivity contribution in [3.8, 4) is 5.75 Å². The Morgan fingerprint density at radius 2 is 2.08 bits per heavy atom. The molecule has 0 bridgehead atoms. The van der Waals surface area contributed by atoms with Crippen molar-refractivity contribution in [1.29, 1.82) is 0 Å². The molecule has 1 atom stereocenters. The molecule has 0 radical (unpaired) electrons. The van der Waals surface area contributed by atoms with E-state index in [0.717, 1.165) is 17.7 Å². The number of halogens is 3. The van der Waals surface area contributed by atoms with Crippen LogP contribution in [0, 0.1) is 0 Å². The maximum Gasteiger partial charge on any atom is 0.416 e. The van der Waals surface area contributed by atoms with Gasteiger partial charge in [0, 0.05) is 36.7 Å². The highest BCUT2D eigenvalue weighted by atomic mass is 19.4. The minimum atomic E-state index is -4.48. The number of anilines is 2. The van der Waals surface area contributed by atoms with Gasteiger partial charge >= 0.3 is 6.18 Å². The summed E-state index contributed by atoms with van der Waals surface area (Å²) in [6, 6.07) is 8.32. The molecule has 0 fully saturated rings. The van der Waals surface area contributed by atoms with E-state index in [1.807, 2.05) is 18.0 Å². The van der Waals surface area contributed by atoms with Gasteiger partial charge in [-0.3, -0.25) is 14.5 Å². The standard InChI is InChI=1S/C26H28F3N3O4/c1-32(9-11-35-2)22-12-17-5-7-19(15-21(17)31-25(22)34)30-24(33)13-16-4-3-10-36-23-14-18(26(27,28)29)6-8-20(16)23/h5-8,13-15,22H,3-4,9-12H2,1-2H3,(H,30,33)(H,31,34)/b16-13+. The molecule has 0 aromatic heterocycles. The van der Waals surface area contributed by atoms with Gasteiger partial charge in [0.15, 0.2) is 0 Å². The van der Waals surface area contributed by atoms with Gasteiger partial charge in [-0.2, -0.15) is 13.2 Å². The Morgan fingerprint density at radius 3 is 2.83 bits per heavy atom. The van der Waals surface area contributed by atoms with Crippen molar-refractivity contribution in [2.75, 3.05) is 44.5 Å². The maximum atomic E-state index is 13.1. The van der Waals surface area contributed by atoms with Crippen LogP contribution in [-0.2, 0) is 26.9 Å². The summed E-state index contributed by atoms with van der Waals surface area (Å²) in [6.07, 6.45) is -1.49. The summed E-state index contributed by atoms with van der Waals surface area (Å²) in [5.41, 5.74) is 2.36. The van der Waals surface area contributed by atoms with Crippen LogP contribution in [0.25, 0.3) is 5.57 Å². The molecule has 2 heterocycles. The van der Waals surface area contributed by atoms with E-state index in [1.165, 1.54) is 12.1 Å². The lowest BCUT2D eigenvalue weighted by atomic mass is 9.97. The van der Waals surface area contributed by atoms with Crippen LogP contribution in [0.3, 0.4) is 0 Å². The van der Waals surface area contributed by atoms with E-state index in [1.54, 1.807) is 19.2 Å². The van der Waals surface area contributed by atoms with Crippen molar-refractivity contribution in [3.63, 3.8) is 0 Å². The summed E-state index contributed by atoms with van der Waals surface area (Å²) in [7, 11) is 3.48. The largest absolute Gasteiger partial charge is 0.493 e. The first kappa shape index (κ1) is 25.7. The molecule has 7 nitrogen and oxygen atoms in total. The van der Waals surface area contributed by atoms with Gasteiger partial charge in [0.05, 0.1) is 24.8 Å². The molecule has 10 heteroatoms. The number of methoxy groups -OCH3 is 1. The average Bonchev–Trinajstić information content (AvgIpc) is 3.03. The molecule has 4 rings (SSSR count). The molecule has 2 aromatic rings. The third-order valence-corrected chi connectivity index (χ3v) is 6.34. The second kappa shape index (κ2) is 10.7. The number of carbonyl (C=O) groups is 2. The number of benzene rings is 2. The van der Waals surface area contributed by atoms with Crippen LogP contribution in [0.2, 0.25) is 0 Å². The molecule has 0 saturated carbocycles. The summed E-state index contributed by atoms with van der Waals surface area (Å²) in [5, 5.41) is 5.69. The quantitative estimate of drug-likeness (QED) is 0.574. The van der Waals surface area contributed by atoms with Crippen LogP contribution in [-0.4, -0.2) is 56.7 Å². The molecule has 36 heavy (non-hydrogen) atoms. The Kier molecular flexibility index (Phi) is 7.65. The molecule has 2 aliphatic rings. The Bertz CT molecular complexity index is 1180. The molecule has 0 aliphatic carbocycles. The number of nitrogens with zero attached hydrogens (tertiary/aromatic N) is 1. The van der Waals surface area contributed by atoms with Gasteiger partial charge in [0.2, 0.25) is 11.8 Å². The number of likely N-dealkylation sites (N-methyl/N-ethyl adjacent to an activating group) is 1. The number of alkyl halides is 3. The predicted molar refractivity (Wildman–Crippen MR) is 130 cm³/mol. The van der Waals surface area contributed by atoms with Crippen molar-refractivity contribution in [3.05, 3.63) is 59.2 Å². The molecule has 0 spiro atoms. The van der Waals surface area contributed by atoms with E-state index in [4.69, 9.17) is 9.47 Å². The van der Waals surface area contributed by atoms with E-state index in [-0.39, 0.29) is 24.3 Å². The number of carbonyl (C=O) groups excluding carboxylic acids is 2. The average molecular weight is 504 g/mol. The lowest BCUT2D eigenvalue weighted by Crippen LogP contribution is -2.47. The lowest BCUT2D eigenvalue weighted by molar-refractivity contribution is -0.137. The highest BCUT2D eigenvalue weighted by molar-refractivity contribution is 6.05. The number of nitrogens with one attached hydrogen (secondary N) is 2. The predicted octanol–water partition coefficient (Wildman–Crippen LogP) is 4.34. The van der Waals surface area contributed by atoms with Gasteiger partial charge in [-0.05, 0) is 61.7 Å². The van der Waals surface area contributed by atoms with Gasteiger partial charge in [-0.25, -0.2) is 0 Å². The zero-order valence-electron chi connectivity index (χ0n) is 20.1. The van der Waals surface area contributed by atoms with Crippen LogP contribution in [0.15, 0.2) is 42.5 Å². The van der Waals surface area contributed by atoms with Crippen molar-refractivity contribution in [2.45, 2.75) is 31.5 Å².